The first-order valence-electron chi connectivity index (χ1n) is 9.57. The van der Waals surface area contributed by atoms with Crippen molar-refractivity contribution in [1.29, 1.82) is 0 Å². The van der Waals surface area contributed by atoms with E-state index in [0.29, 0.717) is 36.7 Å². The van der Waals surface area contributed by atoms with Crippen LogP contribution in [0.4, 0.5) is 5.82 Å². The summed E-state index contributed by atoms with van der Waals surface area (Å²) in [5.41, 5.74) is 7.63. The summed E-state index contributed by atoms with van der Waals surface area (Å²) in [5.74, 6) is 5.82. The number of hydrogen-bond acceptors (Lipinski definition) is 10. The number of likely N-dealkylation sites (N-methyl/N-ethyl adjacent to an activating group) is 1. The highest BCUT2D eigenvalue weighted by Crippen LogP contribution is 2.36. The van der Waals surface area contributed by atoms with Crippen LogP contribution in [0.2, 0.25) is 0 Å². The van der Waals surface area contributed by atoms with E-state index in [1.807, 2.05) is 42.3 Å². The average Bonchev–Trinajstić information content (AvgIpc) is 3.27. The van der Waals surface area contributed by atoms with Crippen LogP contribution in [0.3, 0.4) is 0 Å². The van der Waals surface area contributed by atoms with Crippen molar-refractivity contribution >= 4 is 17.0 Å². The molecule has 160 valence electrons. The molecule has 1 aliphatic rings. The van der Waals surface area contributed by atoms with E-state index in [1.165, 1.54) is 6.33 Å². The third kappa shape index (κ3) is 3.74. The number of aromatic nitrogens is 4. The first-order chi connectivity index (χ1) is 14.5. The Hall–Kier alpha value is -2.67. The van der Waals surface area contributed by atoms with Gasteiger partial charge in [0.05, 0.1) is 6.61 Å². The maximum Gasteiger partial charge on any atom is 0.168 e. The van der Waals surface area contributed by atoms with Gasteiger partial charge in [0.25, 0.3) is 0 Å². The first kappa shape index (κ1) is 20.6. The Morgan fingerprint density at radius 2 is 1.97 bits per heavy atom. The van der Waals surface area contributed by atoms with Crippen LogP contribution in [0.25, 0.3) is 22.6 Å². The van der Waals surface area contributed by atoms with Gasteiger partial charge in [-0.05, 0) is 7.05 Å². The van der Waals surface area contributed by atoms with Crippen LogP contribution in [-0.2, 0) is 9.57 Å². The third-order valence-corrected chi connectivity index (χ3v) is 5.21. The Labute approximate surface area is 172 Å². The number of aliphatic hydroxyl groups excluding tert-OH is 2. The SMILES string of the molecule is CN(CCON)C[C@H]1O[C@@H](n2c(-c3ccccc3)nc3c(N)ncnc32)[C@H](O)[C@@H]1O. The molecule has 0 aliphatic carbocycles. The van der Waals surface area contributed by atoms with E-state index >= 15 is 0 Å². The molecule has 3 heterocycles. The summed E-state index contributed by atoms with van der Waals surface area (Å²) in [5, 5.41) is 21.5. The number of nitrogen functional groups attached to an aromatic ring is 1. The smallest absolute Gasteiger partial charge is 0.168 e. The molecular weight excluding hydrogens is 390 g/mol. The molecule has 6 N–H and O–H groups in total. The minimum absolute atomic E-state index is 0.224. The summed E-state index contributed by atoms with van der Waals surface area (Å²) in [4.78, 5) is 19.4. The minimum atomic E-state index is -1.19. The molecule has 0 saturated carbocycles. The number of benzene rings is 1. The van der Waals surface area contributed by atoms with Crippen LogP contribution in [0.1, 0.15) is 6.23 Å². The van der Waals surface area contributed by atoms with Gasteiger partial charge in [-0.1, -0.05) is 30.3 Å². The molecule has 2 aromatic heterocycles. The van der Waals surface area contributed by atoms with Gasteiger partial charge in [-0.2, -0.15) is 0 Å². The van der Waals surface area contributed by atoms with Gasteiger partial charge in [0, 0.05) is 18.7 Å². The van der Waals surface area contributed by atoms with Crippen molar-refractivity contribution < 1.29 is 19.8 Å². The molecule has 30 heavy (non-hydrogen) atoms. The van der Waals surface area contributed by atoms with E-state index in [4.69, 9.17) is 16.4 Å². The molecule has 1 aromatic carbocycles. The van der Waals surface area contributed by atoms with Crippen LogP contribution in [0.5, 0.6) is 0 Å². The number of nitrogens with two attached hydrogens (primary N) is 2. The molecule has 11 nitrogen and oxygen atoms in total. The van der Waals surface area contributed by atoms with E-state index in [1.54, 1.807) is 4.57 Å². The number of rotatable bonds is 7. The summed E-state index contributed by atoms with van der Waals surface area (Å²) >= 11 is 0. The fourth-order valence-electron chi connectivity index (χ4n) is 3.66. The summed E-state index contributed by atoms with van der Waals surface area (Å²) in [6.45, 7) is 1.27. The predicted octanol–water partition coefficient (Wildman–Crippen LogP) is -0.483. The first-order valence-corrected chi connectivity index (χ1v) is 9.57. The molecule has 1 saturated heterocycles. The van der Waals surface area contributed by atoms with Gasteiger partial charge in [0.15, 0.2) is 23.2 Å². The molecule has 11 heteroatoms. The molecule has 0 radical (unpaired) electrons. The Morgan fingerprint density at radius 1 is 1.20 bits per heavy atom. The summed E-state index contributed by atoms with van der Waals surface area (Å²) < 4.78 is 7.77. The normalized spacial score (nSPS) is 24.2. The van der Waals surface area contributed by atoms with Crippen molar-refractivity contribution in [3.63, 3.8) is 0 Å². The van der Waals surface area contributed by atoms with E-state index in [2.05, 4.69) is 19.8 Å². The van der Waals surface area contributed by atoms with Gasteiger partial charge >= 0.3 is 0 Å². The van der Waals surface area contributed by atoms with Gasteiger partial charge in [-0.3, -0.25) is 4.57 Å². The predicted molar refractivity (Wildman–Crippen MR) is 109 cm³/mol. The van der Waals surface area contributed by atoms with E-state index in [9.17, 15) is 10.2 Å². The Balaban J connectivity index is 1.72. The zero-order valence-corrected chi connectivity index (χ0v) is 16.5. The Morgan fingerprint density at radius 3 is 2.70 bits per heavy atom. The quantitative estimate of drug-likeness (QED) is 0.371. The zero-order valence-electron chi connectivity index (χ0n) is 16.5. The highest BCUT2D eigenvalue weighted by molar-refractivity contribution is 5.85. The lowest BCUT2D eigenvalue weighted by molar-refractivity contribution is -0.0428. The highest BCUT2D eigenvalue weighted by Gasteiger charge is 2.45. The van der Waals surface area contributed by atoms with Gasteiger partial charge in [-0.25, -0.2) is 20.8 Å². The number of fused-ring (bicyclic) bond motifs is 1. The van der Waals surface area contributed by atoms with Gasteiger partial charge < -0.3 is 30.4 Å². The fraction of sp³-hybridized carbons (Fsp3) is 0.421. The number of ether oxygens (including phenoxy) is 1. The van der Waals surface area contributed by atoms with E-state index in [0.717, 1.165) is 5.56 Å². The van der Waals surface area contributed by atoms with Crippen LogP contribution in [0.15, 0.2) is 36.7 Å². The maximum atomic E-state index is 10.8. The molecule has 1 aliphatic heterocycles. The van der Waals surface area contributed by atoms with Crippen molar-refractivity contribution in [2.75, 3.05) is 32.5 Å². The molecule has 0 bridgehead atoms. The number of aliphatic hydroxyl groups is 2. The average molecular weight is 415 g/mol. The summed E-state index contributed by atoms with van der Waals surface area (Å²) in [6.07, 6.45) is -2.49. The molecule has 3 aromatic rings. The molecule has 0 spiro atoms. The maximum absolute atomic E-state index is 10.8. The van der Waals surface area contributed by atoms with Crippen LogP contribution >= 0.6 is 0 Å². The topological polar surface area (TPSA) is 158 Å². The van der Waals surface area contributed by atoms with Crippen molar-refractivity contribution in [2.24, 2.45) is 5.90 Å². The van der Waals surface area contributed by atoms with Crippen LogP contribution < -0.4 is 11.6 Å². The second kappa shape index (κ2) is 8.60. The number of nitrogens with zero attached hydrogens (tertiary/aromatic N) is 5. The minimum Gasteiger partial charge on any atom is -0.387 e. The summed E-state index contributed by atoms with van der Waals surface area (Å²) in [6, 6.07) is 9.43. The standard InChI is InChI=1S/C19H25N7O4/c1-25(7-8-29-21)9-12-14(27)15(28)19(30-12)26-17(11-5-3-2-4-6-11)24-13-16(20)22-10-23-18(13)26/h2-6,10,12,14-15,19,27-28H,7-9,21H2,1H3,(H2,20,22,23)/t12-,14-,15-,19-/m1/s1. The van der Waals surface area contributed by atoms with Gasteiger partial charge in [0.1, 0.15) is 30.5 Å². The monoisotopic (exact) mass is 415 g/mol. The van der Waals surface area contributed by atoms with Crippen molar-refractivity contribution in [3.8, 4) is 11.4 Å². The summed E-state index contributed by atoms with van der Waals surface area (Å²) in [7, 11) is 1.85. The number of anilines is 1. The lowest BCUT2D eigenvalue weighted by Crippen LogP contribution is -2.39. The fourth-order valence-corrected chi connectivity index (χ4v) is 3.66. The number of hydrogen-bond donors (Lipinski definition) is 4. The molecule has 4 atom stereocenters. The van der Waals surface area contributed by atoms with E-state index < -0.39 is 24.5 Å². The van der Waals surface area contributed by atoms with Gasteiger partial charge in [-0.15, -0.1) is 0 Å². The highest BCUT2D eigenvalue weighted by atomic mass is 16.6. The van der Waals surface area contributed by atoms with Gasteiger partial charge in [0.2, 0.25) is 0 Å². The molecule has 0 unspecified atom stereocenters. The molecule has 0 amide bonds. The van der Waals surface area contributed by atoms with E-state index in [-0.39, 0.29) is 5.82 Å². The Bertz CT molecular complexity index is 999. The molecule has 4 rings (SSSR count). The lowest BCUT2D eigenvalue weighted by atomic mass is 10.1. The number of imidazole rings is 1. The zero-order chi connectivity index (χ0) is 21.3. The van der Waals surface area contributed by atoms with Crippen molar-refractivity contribution in [3.05, 3.63) is 36.7 Å². The largest absolute Gasteiger partial charge is 0.387 e. The second-order valence-corrected chi connectivity index (χ2v) is 7.28. The third-order valence-electron chi connectivity index (χ3n) is 5.21. The Kier molecular flexibility index (Phi) is 5.90. The molecular formula is C19H25N7O4. The van der Waals surface area contributed by atoms with Crippen LogP contribution in [-0.4, -0.2) is 79.7 Å². The second-order valence-electron chi connectivity index (χ2n) is 7.28. The van der Waals surface area contributed by atoms with Crippen LogP contribution in [0, 0.1) is 0 Å². The lowest BCUT2D eigenvalue weighted by Gasteiger charge is -2.22. The van der Waals surface area contributed by atoms with Crippen molar-refractivity contribution in [1.82, 2.24) is 24.4 Å². The molecule has 1 fully saturated rings. The van der Waals surface area contributed by atoms with Crippen molar-refractivity contribution in [2.45, 2.75) is 24.5 Å².